The highest BCUT2D eigenvalue weighted by Crippen LogP contribution is 2.14. The van der Waals surface area contributed by atoms with E-state index in [1.165, 1.54) is 0 Å². The van der Waals surface area contributed by atoms with Gasteiger partial charge >= 0.3 is 0 Å². The molecule has 0 saturated carbocycles. The van der Waals surface area contributed by atoms with Gasteiger partial charge in [0.05, 0.1) is 11.4 Å². The number of pyridine rings is 2. The molecule has 0 unspecified atom stereocenters. The first-order chi connectivity index (χ1) is 8.31. The standard InChI is InChI=1S/C13H13N3O/c1-2-14-13(17)10-6-8-16-12(9-10)11-5-3-4-7-15-11/h3-9H,2H2,1H3,(H,14,17). The summed E-state index contributed by atoms with van der Waals surface area (Å²) in [5.74, 6) is -0.0907. The third-order valence-electron chi connectivity index (χ3n) is 2.29. The topological polar surface area (TPSA) is 54.9 Å². The molecule has 0 aliphatic heterocycles. The quantitative estimate of drug-likeness (QED) is 0.871. The lowest BCUT2D eigenvalue weighted by Gasteiger charge is -2.04. The lowest BCUT2D eigenvalue weighted by molar-refractivity contribution is 0.0956. The van der Waals surface area contributed by atoms with Crippen LogP contribution in [0.15, 0.2) is 42.7 Å². The van der Waals surface area contributed by atoms with Gasteiger partial charge in [0.2, 0.25) is 0 Å². The van der Waals surface area contributed by atoms with E-state index in [4.69, 9.17) is 0 Å². The number of hydrogen-bond donors (Lipinski definition) is 1. The molecule has 0 spiro atoms. The van der Waals surface area contributed by atoms with Crippen LogP contribution in [-0.2, 0) is 0 Å². The Bertz CT molecular complexity index is 511. The summed E-state index contributed by atoms with van der Waals surface area (Å²) in [6.07, 6.45) is 3.32. The monoisotopic (exact) mass is 227 g/mol. The molecular weight excluding hydrogens is 214 g/mol. The van der Waals surface area contributed by atoms with E-state index in [1.54, 1.807) is 24.5 Å². The Morgan fingerprint density at radius 3 is 2.71 bits per heavy atom. The van der Waals surface area contributed by atoms with Crippen LogP contribution in [0.3, 0.4) is 0 Å². The minimum Gasteiger partial charge on any atom is -0.352 e. The maximum atomic E-state index is 11.7. The van der Waals surface area contributed by atoms with Gasteiger partial charge in [0.1, 0.15) is 0 Å². The minimum absolute atomic E-state index is 0.0907. The van der Waals surface area contributed by atoms with Crippen LogP contribution >= 0.6 is 0 Å². The smallest absolute Gasteiger partial charge is 0.251 e. The molecule has 0 aliphatic rings. The largest absolute Gasteiger partial charge is 0.352 e. The molecular formula is C13H13N3O. The van der Waals surface area contributed by atoms with Gasteiger partial charge in [-0.3, -0.25) is 14.8 Å². The molecule has 2 rings (SSSR count). The number of carbonyl (C=O) groups is 1. The minimum atomic E-state index is -0.0907. The Kier molecular flexibility index (Phi) is 3.45. The molecule has 0 saturated heterocycles. The first-order valence-electron chi connectivity index (χ1n) is 5.47. The van der Waals surface area contributed by atoms with Crippen molar-refractivity contribution in [3.8, 4) is 11.4 Å². The maximum Gasteiger partial charge on any atom is 0.251 e. The lowest BCUT2D eigenvalue weighted by Crippen LogP contribution is -2.22. The maximum absolute atomic E-state index is 11.7. The number of carbonyl (C=O) groups excluding carboxylic acids is 1. The van der Waals surface area contributed by atoms with Crippen molar-refractivity contribution in [2.45, 2.75) is 6.92 Å². The molecule has 0 fully saturated rings. The van der Waals surface area contributed by atoms with Crippen molar-refractivity contribution in [3.05, 3.63) is 48.3 Å². The molecule has 0 aliphatic carbocycles. The van der Waals surface area contributed by atoms with E-state index in [2.05, 4.69) is 15.3 Å². The number of rotatable bonds is 3. The number of hydrogen-bond acceptors (Lipinski definition) is 3. The van der Waals surface area contributed by atoms with Crippen LogP contribution in [0.2, 0.25) is 0 Å². The second kappa shape index (κ2) is 5.21. The molecule has 0 bridgehead atoms. The third kappa shape index (κ3) is 2.66. The van der Waals surface area contributed by atoms with Crippen LogP contribution in [-0.4, -0.2) is 22.4 Å². The summed E-state index contributed by atoms with van der Waals surface area (Å²) in [7, 11) is 0. The summed E-state index contributed by atoms with van der Waals surface area (Å²) in [6.45, 7) is 2.50. The molecule has 1 amide bonds. The third-order valence-corrected chi connectivity index (χ3v) is 2.29. The predicted molar refractivity (Wildman–Crippen MR) is 65.5 cm³/mol. The molecule has 86 valence electrons. The second-order valence-corrected chi connectivity index (χ2v) is 3.50. The van der Waals surface area contributed by atoms with Gasteiger partial charge in [-0.15, -0.1) is 0 Å². The van der Waals surface area contributed by atoms with Crippen LogP contribution < -0.4 is 5.32 Å². The Balaban J connectivity index is 2.32. The average molecular weight is 227 g/mol. The van der Waals surface area contributed by atoms with E-state index >= 15 is 0 Å². The van der Waals surface area contributed by atoms with Crippen molar-refractivity contribution in [1.29, 1.82) is 0 Å². The predicted octanol–water partition coefficient (Wildman–Crippen LogP) is 1.89. The van der Waals surface area contributed by atoms with Crippen LogP contribution in [0.1, 0.15) is 17.3 Å². The van der Waals surface area contributed by atoms with Crippen molar-refractivity contribution in [3.63, 3.8) is 0 Å². The summed E-state index contributed by atoms with van der Waals surface area (Å²) in [4.78, 5) is 20.1. The summed E-state index contributed by atoms with van der Waals surface area (Å²) in [5.41, 5.74) is 2.07. The van der Waals surface area contributed by atoms with Crippen LogP contribution in [0, 0.1) is 0 Å². The van der Waals surface area contributed by atoms with Gasteiger partial charge in [-0.2, -0.15) is 0 Å². The van der Waals surface area contributed by atoms with E-state index in [-0.39, 0.29) is 5.91 Å². The summed E-state index contributed by atoms with van der Waals surface area (Å²) >= 11 is 0. The molecule has 2 aromatic heterocycles. The number of amides is 1. The molecule has 0 aromatic carbocycles. The number of nitrogens with zero attached hydrogens (tertiary/aromatic N) is 2. The fraction of sp³-hybridized carbons (Fsp3) is 0.154. The molecule has 2 heterocycles. The van der Waals surface area contributed by atoms with Crippen LogP contribution in [0.5, 0.6) is 0 Å². The van der Waals surface area contributed by atoms with Crippen molar-refractivity contribution >= 4 is 5.91 Å². The zero-order chi connectivity index (χ0) is 12.1. The summed E-state index contributed by atoms with van der Waals surface area (Å²) in [6, 6.07) is 9.04. The Hall–Kier alpha value is -2.23. The normalized spacial score (nSPS) is 9.94. The number of nitrogens with one attached hydrogen (secondary N) is 1. The zero-order valence-electron chi connectivity index (χ0n) is 9.55. The second-order valence-electron chi connectivity index (χ2n) is 3.50. The highest BCUT2D eigenvalue weighted by atomic mass is 16.1. The molecule has 4 nitrogen and oxygen atoms in total. The molecule has 17 heavy (non-hydrogen) atoms. The van der Waals surface area contributed by atoms with Crippen LogP contribution in [0.4, 0.5) is 0 Å². The van der Waals surface area contributed by atoms with Crippen LogP contribution in [0.25, 0.3) is 11.4 Å². The van der Waals surface area contributed by atoms with Gasteiger partial charge in [0.25, 0.3) is 5.91 Å². The fourth-order valence-corrected chi connectivity index (χ4v) is 1.49. The molecule has 2 aromatic rings. The average Bonchev–Trinajstić information content (AvgIpc) is 2.40. The lowest BCUT2D eigenvalue weighted by atomic mass is 10.1. The Morgan fingerprint density at radius 2 is 2.00 bits per heavy atom. The summed E-state index contributed by atoms with van der Waals surface area (Å²) in [5, 5.41) is 2.75. The van der Waals surface area contributed by atoms with Gasteiger partial charge in [-0.1, -0.05) is 6.07 Å². The Morgan fingerprint density at radius 1 is 1.18 bits per heavy atom. The fourth-order valence-electron chi connectivity index (χ4n) is 1.49. The first-order valence-corrected chi connectivity index (χ1v) is 5.47. The van der Waals surface area contributed by atoms with E-state index in [0.717, 1.165) is 5.69 Å². The van der Waals surface area contributed by atoms with Gasteiger partial charge in [0.15, 0.2) is 0 Å². The van der Waals surface area contributed by atoms with Crippen molar-refractivity contribution < 1.29 is 4.79 Å². The van der Waals surface area contributed by atoms with Crippen molar-refractivity contribution in [1.82, 2.24) is 15.3 Å². The first kappa shape index (κ1) is 11.3. The van der Waals surface area contributed by atoms with Gasteiger partial charge in [-0.05, 0) is 31.2 Å². The summed E-state index contributed by atoms with van der Waals surface area (Å²) < 4.78 is 0. The van der Waals surface area contributed by atoms with Crippen molar-refractivity contribution in [2.75, 3.05) is 6.54 Å². The molecule has 0 atom stereocenters. The molecule has 1 N–H and O–H groups in total. The highest BCUT2D eigenvalue weighted by molar-refractivity contribution is 5.94. The van der Waals surface area contributed by atoms with E-state index < -0.39 is 0 Å². The zero-order valence-corrected chi connectivity index (χ0v) is 9.55. The number of aromatic nitrogens is 2. The molecule has 4 heteroatoms. The Labute approximate surface area is 99.7 Å². The highest BCUT2D eigenvalue weighted by Gasteiger charge is 2.06. The molecule has 0 radical (unpaired) electrons. The van der Waals surface area contributed by atoms with Gasteiger partial charge in [-0.25, -0.2) is 0 Å². The van der Waals surface area contributed by atoms with Gasteiger partial charge in [0, 0.05) is 24.5 Å². The SMILES string of the molecule is CCNC(=O)c1ccnc(-c2ccccn2)c1. The van der Waals surface area contributed by atoms with Crippen molar-refractivity contribution in [2.24, 2.45) is 0 Å². The van der Waals surface area contributed by atoms with E-state index in [0.29, 0.717) is 17.8 Å². The van der Waals surface area contributed by atoms with E-state index in [9.17, 15) is 4.79 Å². The van der Waals surface area contributed by atoms with Gasteiger partial charge < -0.3 is 5.32 Å². The van der Waals surface area contributed by atoms with E-state index in [1.807, 2.05) is 25.1 Å².